The van der Waals surface area contributed by atoms with Gasteiger partial charge in [-0.3, -0.25) is 4.57 Å². The second kappa shape index (κ2) is 5.78. The Hall–Kier alpha value is -3.07. The lowest BCUT2D eigenvalue weighted by Gasteiger charge is -2.08. The Morgan fingerprint density at radius 1 is 1.16 bits per heavy atom. The number of hydrogen-bond donors (Lipinski definition) is 1. The lowest BCUT2D eigenvalue weighted by atomic mass is 10.2. The van der Waals surface area contributed by atoms with E-state index in [1.54, 1.807) is 28.8 Å². The summed E-state index contributed by atoms with van der Waals surface area (Å²) in [5.74, 6) is 0.183. The standard InChI is InChI=1S/C16H10BrFN6O/c17-16-21-13(19)12-15(22-16)24(11-5-2-6-23(25)8-11)14(20-12)9-3-1-4-10(18)7-9/h1-8H,(H2,19,21,22). The summed E-state index contributed by atoms with van der Waals surface area (Å²) in [4.78, 5) is 12.9. The van der Waals surface area contributed by atoms with E-state index < -0.39 is 5.82 Å². The number of nitrogen functional groups attached to an aromatic ring is 1. The van der Waals surface area contributed by atoms with Crippen LogP contribution in [0, 0.1) is 11.0 Å². The number of fused-ring (bicyclic) bond motifs is 1. The molecule has 0 saturated heterocycles. The SMILES string of the molecule is Nc1nc(Br)nc2c1nc(-c1cccc(F)c1)n2-c1ccc[n+]([O-])c1. The number of anilines is 1. The Labute approximate surface area is 149 Å². The van der Waals surface area contributed by atoms with Crippen molar-refractivity contribution in [1.82, 2.24) is 19.5 Å². The molecule has 0 amide bonds. The predicted octanol–water partition coefficient (Wildman–Crippen LogP) is 2.60. The van der Waals surface area contributed by atoms with E-state index in [1.165, 1.54) is 24.5 Å². The molecule has 25 heavy (non-hydrogen) atoms. The van der Waals surface area contributed by atoms with E-state index in [9.17, 15) is 9.60 Å². The summed E-state index contributed by atoms with van der Waals surface area (Å²) in [7, 11) is 0. The smallest absolute Gasteiger partial charge is 0.204 e. The summed E-state index contributed by atoms with van der Waals surface area (Å²) >= 11 is 3.21. The fourth-order valence-electron chi connectivity index (χ4n) is 2.59. The van der Waals surface area contributed by atoms with Crippen LogP contribution in [0.25, 0.3) is 28.2 Å². The second-order valence-corrected chi connectivity index (χ2v) is 5.96. The number of imidazole rings is 1. The second-order valence-electron chi connectivity index (χ2n) is 5.25. The van der Waals surface area contributed by atoms with Crippen LogP contribution < -0.4 is 10.5 Å². The zero-order chi connectivity index (χ0) is 17.6. The Bertz CT molecular complexity index is 1110. The first-order valence-electron chi connectivity index (χ1n) is 7.19. The summed E-state index contributed by atoms with van der Waals surface area (Å²) in [5, 5.41) is 11.7. The van der Waals surface area contributed by atoms with Gasteiger partial charge in [-0.25, -0.2) is 19.3 Å². The van der Waals surface area contributed by atoms with Crippen molar-refractivity contribution in [3.63, 3.8) is 0 Å². The molecule has 0 fully saturated rings. The van der Waals surface area contributed by atoms with E-state index >= 15 is 0 Å². The van der Waals surface area contributed by atoms with Gasteiger partial charge in [-0.05, 0) is 34.1 Å². The van der Waals surface area contributed by atoms with Crippen LogP contribution in [-0.2, 0) is 0 Å². The van der Waals surface area contributed by atoms with Crippen LogP contribution >= 0.6 is 15.9 Å². The van der Waals surface area contributed by atoms with Crippen molar-refractivity contribution in [2.24, 2.45) is 0 Å². The minimum atomic E-state index is -0.400. The van der Waals surface area contributed by atoms with Crippen molar-refractivity contribution >= 4 is 32.9 Å². The van der Waals surface area contributed by atoms with Gasteiger partial charge in [0.25, 0.3) is 0 Å². The largest absolute Gasteiger partial charge is 0.619 e. The quantitative estimate of drug-likeness (QED) is 0.317. The molecule has 3 heterocycles. The summed E-state index contributed by atoms with van der Waals surface area (Å²) in [6.45, 7) is 0. The number of rotatable bonds is 2. The van der Waals surface area contributed by atoms with Gasteiger partial charge in [0, 0.05) is 11.6 Å². The Balaban J connectivity index is 2.12. The van der Waals surface area contributed by atoms with E-state index in [1.807, 2.05) is 0 Å². The van der Waals surface area contributed by atoms with Gasteiger partial charge in [0.05, 0.1) is 0 Å². The Morgan fingerprint density at radius 3 is 2.76 bits per heavy atom. The van der Waals surface area contributed by atoms with Crippen LogP contribution in [0.1, 0.15) is 0 Å². The number of benzene rings is 1. The fourth-order valence-corrected chi connectivity index (χ4v) is 2.95. The maximum atomic E-state index is 13.7. The minimum absolute atomic E-state index is 0.180. The van der Waals surface area contributed by atoms with E-state index in [0.29, 0.717) is 33.0 Å². The first-order chi connectivity index (χ1) is 12.0. The highest BCUT2D eigenvalue weighted by Gasteiger charge is 2.20. The number of halogens is 2. The molecule has 0 spiro atoms. The van der Waals surface area contributed by atoms with Gasteiger partial charge in [0.15, 0.2) is 23.2 Å². The third-order valence-electron chi connectivity index (χ3n) is 3.61. The maximum absolute atomic E-state index is 13.7. The Kier molecular flexibility index (Phi) is 3.57. The zero-order valence-electron chi connectivity index (χ0n) is 12.6. The summed E-state index contributed by atoms with van der Waals surface area (Å²) in [6, 6.07) is 9.32. The monoisotopic (exact) mass is 400 g/mol. The number of aromatic nitrogens is 5. The van der Waals surface area contributed by atoms with Crippen molar-refractivity contribution in [2.75, 3.05) is 5.73 Å². The molecule has 0 radical (unpaired) electrons. The molecule has 0 aliphatic carbocycles. The summed E-state index contributed by atoms with van der Waals surface area (Å²) < 4.78 is 16.3. The molecule has 9 heteroatoms. The maximum Gasteiger partial charge on any atom is 0.204 e. The molecule has 3 aromatic heterocycles. The number of nitrogens with two attached hydrogens (primary N) is 1. The fraction of sp³-hybridized carbons (Fsp3) is 0. The van der Waals surface area contributed by atoms with E-state index in [-0.39, 0.29) is 10.6 Å². The third kappa shape index (κ3) is 2.68. The average Bonchev–Trinajstić information content (AvgIpc) is 2.94. The molecule has 1 aromatic carbocycles. The van der Waals surface area contributed by atoms with E-state index in [0.717, 1.165) is 0 Å². The molecule has 0 saturated carbocycles. The minimum Gasteiger partial charge on any atom is -0.619 e. The van der Waals surface area contributed by atoms with Crippen molar-refractivity contribution in [2.45, 2.75) is 0 Å². The van der Waals surface area contributed by atoms with Gasteiger partial charge >= 0.3 is 0 Å². The number of nitrogens with zero attached hydrogens (tertiary/aromatic N) is 5. The van der Waals surface area contributed by atoms with Crippen molar-refractivity contribution in [1.29, 1.82) is 0 Å². The number of pyridine rings is 1. The third-order valence-corrected chi connectivity index (χ3v) is 3.96. The van der Waals surface area contributed by atoms with Gasteiger partial charge in [-0.1, -0.05) is 12.1 Å². The number of hydrogen-bond acceptors (Lipinski definition) is 5. The van der Waals surface area contributed by atoms with Gasteiger partial charge < -0.3 is 10.9 Å². The van der Waals surface area contributed by atoms with Crippen LogP contribution in [0.4, 0.5) is 10.2 Å². The van der Waals surface area contributed by atoms with Crippen LogP contribution in [0.15, 0.2) is 53.5 Å². The average molecular weight is 401 g/mol. The predicted molar refractivity (Wildman–Crippen MR) is 93.1 cm³/mol. The molecule has 0 bridgehead atoms. The van der Waals surface area contributed by atoms with E-state index in [2.05, 4.69) is 30.9 Å². The van der Waals surface area contributed by atoms with Crippen LogP contribution in [0.2, 0.25) is 0 Å². The van der Waals surface area contributed by atoms with Gasteiger partial charge in [-0.2, -0.15) is 4.73 Å². The lowest BCUT2D eigenvalue weighted by Crippen LogP contribution is -2.25. The summed E-state index contributed by atoms with van der Waals surface area (Å²) in [5.41, 5.74) is 7.77. The molecule has 7 nitrogen and oxygen atoms in total. The normalized spacial score (nSPS) is 11.1. The topological polar surface area (TPSA) is 96.6 Å². The van der Waals surface area contributed by atoms with Crippen molar-refractivity contribution in [3.8, 4) is 17.1 Å². The molecular formula is C16H10BrFN6O. The highest BCUT2D eigenvalue weighted by molar-refractivity contribution is 9.10. The highest BCUT2D eigenvalue weighted by Crippen LogP contribution is 2.30. The first kappa shape index (κ1) is 15.5. The van der Waals surface area contributed by atoms with Crippen LogP contribution in [0.3, 0.4) is 0 Å². The van der Waals surface area contributed by atoms with Crippen LogP contribution in [0.5, 0.6) is 0 Å². The van der Waals surface area contributed by atoms with Gasteiger partial charge in [-0.15, -0.1) is 0 Å². The zero-order valence-corrected chi connectivity index (χ0v) is 14.2. The molecule has 2 N–H and O–H groups in total. The first-order valence-corrected chi connectivity index (χ1v) is 7.99. The van der Waals surface area contributed by atoms with E-state index in [4.69, 9.17) is 5.73 Å². The lowest BCUT2D eigenvalue weighted by molar-refractivity contribution is -0.605. The molecule has 4 rings (SSSR count). The molecule has 0 aliphatic rings. The molecule has 0 unspecified atom stereocenters. The molecular weight excluding hydrogens is 391 g/mol. The van der Waals surface area contributed by atoms with Crippen LogP contribution in [-0.4, -0.2) is 19.5 Å². The molecule has 4 aromatic rings. The van der Waals surface area contributed by atoms with Crippen molar-refractivity contribution in [3.05, 3.63) is 64.6 Å². The summed E-state index contributed by atoms with van der Waals surface area (Å²) in [6.07, 6.45) is 2.74. The molecule has 124 valence electrons. The van der Waals surface area contributed by atoms with Gasteiger partial charge in [0.2, 0.25) is 10.9 Å². The highest BCUT2D eigenvalue weighted by atomic mass is 79.9. The van der Waals surface area contributed by atoms with Gasteiger partial charge in [0.1, 0.15) is 17.3 Å². The molecule has 0 atom stereocenters. The Morgan fingerprint density at radius 2 is 2.00 bits per heavy atom. The molecule has 0 aliphatic heterocycles. The van der Waals surface area contributed by atoms with Crippen molar-refractivity contribution < 1.29 is 9.12 Å².